The SMILES string of the molecule is CCCC(CO)N1CCCC1. The Bertz CT molecular complexity index is 99.7. The second kappa shape index (κ2) is 4.73. The van der Waals surface area contributed by atoms with Crippen LogP contribution in [0.1, 0.15) is 32.6 Å². The molecular weight excluding hydrogens is 138 g/mol. The first-order valence-electron chi connectivity index (χ1n) is 4.73. The van der Waals surface area contributed by atoms with E-state index in [1.165, 1.54) is 32.4 Å². The van der Waals surface area contributed by atoms with Crippen LogP contribution in [-0.4, -0.2) is 35.7 Å². The average molecular weight is 157 g/mol. The van der Waals surface area contributed by atoms with Gasteiger partial charge < -0.3 is 5.11 Å². The maximum absolute atomic E-state index is 9.08. The van der Waals surface area contributed by atoms with Crippen LogP contribution in [0.4, 0.5) is 0 Å². The predicted octanol–water partition coefficient (Wildman–Crippen LogP) is 1.24. The Kier molecular flexibility index (Phi) is 3.87. The highest BCUT2D eigenvalue weighted by atomic mass is 16.3. The van der Waals surface area contributed by atoms with Gasteiger partial charge in [-0.2, -0.15) is 0 Å². The van der Waals surface area contributed by atoms with E-state index in [9.17, 15) is 0 Å². The highest BCUT2D eigenvalue weighted by Gasteiger charge is 2.19. The van der Waals surface area contributed by atoms with Crippen LogP contribution in [0.5, 0.6) is 0 Å². The van der Waals surface area contributed by atoms with Crippen molar-refractivity contribution in [3.8, 4) is 0 Å². The van der Waals surface area contributed by atoms with E-state index in [1.54, 1.807) is 0 Å². The first-order valence-corrected chi connectivity index (χ1v) is 4.73. The number of aliphatic hydroxyl groups is 1. The summed E-state index contributed by atoms with van der Waals surface area (Å²) in [5.74, 6) is 0. The maximum atomic E-state index is 9.08. The molecule has 66 valence electrons. The number of nitrogens with zero attached hydrogens (tertiary/aromatic N) is 1. The lowest BCUT2D eigenvalue weighted by Gasteiger charge is -2.24. The molecule has 0 aromatic heterocycles. The van der Waals surface area contributed by atoms with Crippen molar-refractivity contribution in [2.24, 2.45) is 0 Å². The number of rotatable bonds is 4. The summed E-state index contributed by atoms with van der Waals surface area (Å²) in [5.41, 5.74) is 0. The van der Waals surface area contributed by atoms with Gasteiger partial charge in [-0.3, -0.25) is 4.90 Å². The van der Waals surface area contributed by atoms with Crippen LogP contribution >= 0.6 is 0 Å². The molecule has 1 rings (SSSR count). The Morgan fingerprint density at radius 2 is 2.00 bits per heavy atom. The van der Waals surface area contributed by atoms with Crippen molar-refractivity contribution in [2.45, 2.75) is 38.6 Å². The molecule has 0 saturated carbocycles. The molecular formula is C9H19NO. The van der Waals surface area contributed by atoms with E-state index in [0.29, 0.717) is 12.6 Å². The molecule has 1 saturated heterocycles. The molecule has 0 bridgehead atoms. The molecule has 2 heteroatoms. The summed E-state index contributed by atoms with van der Waals surface area (Å²) in [6, 6.07) is 0.447. The summed E-state index contributed by atoms with van der Waals surface area (Å²) < 4.78 is 0. The van der Waals surface area contributed by atoms with E-state index >= 15 is 0 Å². The molecule has 0 radical (unpaired) electrons. The molecule has 0 aromatic carbocycles. The second-order valence-corrected chi connectivity index (χ2v) is 3.37. The first kappa shape index (κ1) is 9.01. The molecule has 1 N–H and O–H groups in total. The van der Waals surface area contributed by atoms with Crippen molar-refractivity contribution in [3.63, 3.8) is 0 Å². The predicted molar refractivity (Wildman–Crippen MR) is 46.6 cm³/mol. The third-order valence-corrected chi connectivity index (χ3v) is 2.49. The number of hydrogen-bond donors (Lipinski definition) is 1. The minimum atomic E-state index is 0.341. The fourth-order valence-corrected chi connectivity index (χ4v) is 1.83. The summed E-state index contributed by atoms with van der Waals surface area (Å²) in [6.07, 6.45) is 4.97. The zero-order chi connectivity index (χ0) is 8.10. The van der Waals surface area contributed by atoms with Gasteiger partial charge in [0.25, 0.3) is 0 Å². The Morgan fingerprint density at radius 1 is 1.36 bits per heavy atom. The van der Waals surface area contributed by atoms with Crippen molar-refractivity contribution in [3.05, 3.63) is 0 Å². The first-order chi connectivity index (χ1) is 5.38. The molecule has 1 aliphatic heterocycles. The smallest absolute Gasteiger partial charge is 0.0586 e. The minimum Gasteiger partial charge on any atom is -0.395 e. The minimum absolute atomic E-state index is 0.341. The Morgan fingerprint density at radius 3 is 2.45 bits per heavy atom. The Balaban J connectivity index is 2.27. The third-order valence-electron chi connectivity index (χ3n) is 2.49. The van der Waals surface area contributed by atoms with Gasteiger partial charge in [0.1, 0.15) is 0 Å². The van der Waals surface area contributed by atoms with E-state index < -0.39 is 0 Å². The maximum Gasteiger partial charge on any atom is 0.0586 e. The highest BCUT2D eigenvalue weighted by molar-refractivity contribution is 4.74. The Hall–Kier alpha value is -0.0800. The largest absolute Gasteiger partial charge is 0.395 e. The standard InChI is InChI=1S/C9H19NO/c1-2-5-9(8-11)10-6-3-4-7-10/h9,11H,2-8H2,1H3. The van der Waals surface area contributed by atoms with Gasteiger partial charge in [0.05, 0.1) is 6.61 Å². The monoisotopic (exact) mass is 157 g/mol. The normalized spacial score (nSPS) is 22.4. The quantitative estimate of drug-likeness (QED) is 0.663. The van der Waals surface area contributed by atoms with Crippen LogP contribution < -0.4 is 0 Å². The third kappa shape index (κ3) is 2.46. The lowest BCUT2D eigenvalue weighted by molar-refractivity contribution is 0.138. The van der Waals surface area contributed by atoms with E-state index in [0.717, 1.165) is 6.42 Å². The summed E-state index contributed by atoms with van der Waals surface area (Å²) in [4.78, 5) is 2.42. The van der Waals surface area contributed by atoms with Gasteiger partial charge in [-0.25, -0.2) is 0 Å². The number of hydrogen-bond acceptors (Lipinski definition) is 2. The zero-order valence-corrected chi connectivity index (χ0v) is 7.42. The second-order valence-electron chi connectivity index (χ2n) is 3.37. The van der Waals surface area contributed by atoms with E-state index in [4.69, 9.17) is 5.11 Å². The van der Waals surface area contributed by atoms with Crippen LogP contribution in [-0.2, 0) is 0 Å². The molecule has 1 fully saturated rings. The molecule has 0 spiro atoms. The van der Waals surface area contributed by atoms with Crippen LogP contribution in [0.15, 0.2) is 0 Å². The summed E-state index contributed by atoms with van der Waals surface area (Å²) in [7, 11) is 0. The summed E-state index contributed by atoms with van der Waals surface area (Å²) >= 11 is 0. The molecule has 1 atom stereocenters. The van der Waals surface area contributed by atoms with Crippen molar-refractivity contribution >= 4 is 0 Å². The van der Waals surface area contributed by atoms with Gasteiger partial charge in [0, 0.05) is 6.04 Å². The van der Waals surface area contributed by atoms with Gasteiger partial charge >= 0.3 is 0 Å². The van der Waals surface area contributed by atoms with Crippen molar-refractivity contribution in [1.82, 2.24) is 4.90 Å². The number of likely N-dealkylation sites (tertiary alicyclic amines) is 1. The molecule has 1 aliphatic rings. The summed E-state index contributed by atoms with van der Waals surface area (Å²) in [6.45, 7) is 4.92. The van der Waals surface area contributed by atoms with Crippen LogP contribution in [0, 0.1) is 0 Å². The van der Waals surface area contributed by atoms with Crippen molar-refractivity contribution in [1.29, 1.82) is 0 Å². The molecule has 1 unspecified atom stereocenters. The lowest BCUT2D eigenvalue weighted by Crippen LogP contribution is -2.35. The van der Waals surface area contributed by atoms with Gasteiger partial charge in [0.2, 0.25) is 0 Å². The van der Waals surface area contributed by atoms with Crippen molar-refractivity contribution < 1.29 is 5.11 Å². The lowest BCUT2D eigenvalue weighted by atomic mass is 10.1. The van der Waals surface area contributed by atoms with Gasteiger partial charge in [-0.15, -0.1) is 0 Å². The van der Waals surface area contributed by atoms with Crippen LogP contribution in [0.2, 0.25) is 0 Å². The van der Waals surface area contributed by atoms with Gasteiger partial charge in [-0.1, -0.05) is 13.3 Å². The fourth-order valence-electron chi connectivity index (χ4n) is 1.83. The number of aliphatic hydroxyl groups excluding tert-OH is 1. The highest BCUT2D eigenvalue weighted by Crippen LogP contribution is 2.14. The molecule has 0 amide bonds. The Labute approximate surface area is 69.2 Å². The topological polar surface area (TPSA) is 23.5 Å². The fraction of sp³-hybridized carbons (Fsp3) is 1.00. The zero-order valence-electron chi connectivity index (χ0n) is 7.42. The molecule has 0 aliphatic carbocycles. The van der Waals surface area contributed by atoms with Crippen LogP contribution in [0.3, 0.4) is 0 Å². The van der Waals surface area contributed by atoms with Crippen molar-refractivity contribution in [2.75, 3.05) is 19.7 Å². The van der Waals surface area contributed by atoms with Gasteiger partial charge in [-0.05, 0) is 32.4 Å². The van der Waals surface area contributed by atoms with Gasteiger partial charge in [0.15, 0.2) is 0 Å². The summed E-state index contributed by atoms with van der Waals surface area (Å²) in [5, 5.41) is 9.08. The van der Waals surface area contributed by atoms with E-state index in [-0.39, 0.29) is 0 Å². The molecule has 1 heterocycles. The molecule has 2 nitrogen and oxygen atoms in total. The van der Waals surface area contributed by atoms with Crippen LogP contribution in [0.25, 0.3) is 0 Å². The van der Waals surface area contributed by atoms with E-state index in [2.05, 4.69) is 11.8 Å². The average Bonchev–Trinajstić information content (AvgIpc) is 2.52. The van der Waals surface area contributed by atoms with E-state index in [1.807, 2.05) is 0 Å². The molecule has 11 heavy (non-hydrogen) atoms. The molecule has 0 aromatic rings.